The Kier molecular flexibility index (Phi) is 4.64. The van der Waals surface area contributed by atoms with E-state index >= 15 is 0 Å². The van der Waals surface area contributed by atoms with E-state index in [0.717, 1.165) is 11.1 Å². The predicted octanol–water partition coefficient (Wildman–Crippen LogP) is 1.63. The summed E-state index contributed by atoms with van der Waals surface area (Å²) in [7, 11) is -3.54. The molecule has 2 aromatic rings. The summed E-state index contributed by atoms with van der Waals surface area (Å²) in [6.07, 6.45) is 4.35. The fraction of sp³-hybridized carbons (Fsp3) is 0.294. The van der Waals surface area contributed by atoms with E-state index in [0.29, 0.717) is 25.9 Å². The topological polar surface area (TPSA) is 93.4 Å². The summed E-state index contributed by atoms with van der Waals surface area (Å²) in [6, 6.07) is 10.6. The van der Waals surface area contributed by atoms with Gasteiger partial charge in [0, 0.05) is 31.4 Å². The normalized spacial score (nSPS) is 16.8. The molecule has 24 heavy (non-hydrogen) atoms. The maximum Gasteiger partial charge on any atom is 0.243 e. The Morgan fingerprint density at radius 1 is 1.00 bits per heavy atom. The number of hydrogen-bond acceptors (Lipinski definition) is 4. The second kappa shape index (κ2) is 6.70. The molecule has 7 heteroatoms. The lowest BCUT2D eigenvalue weighted by Crippen LogP contribution is -2.41. The van der Waals surface area contributed by atoms with Gasteiger partial charge in [0.1, 0.15) is 0 Å². The minimum Gasteiger partial charge on any atom is -0.369 e. The molecule has 1 aromatic heterocycles. The minimum absolute atomic E-state index is 0.231. The van der Waals surface area contributed by atoms with Crippen molar-refractivity contribution in [1.82, 2.24) is 9.29 Å². The Bertz CT molecular complexity index is 812. The highest BCUT2D eigenvalue weighted by Gasteiger charge is 2.31. The first-order chi connectivity index (χ1) is 11.5. The Morgan fingerprint density at radius 3 is 2.08 bits per heavy atom. The van der Waals surface area contributed by atoms with Gasteiger partial charge in [-0.1, -0.05) is 12.1 Å². The van der Waals surface area contributed by atoms with E-state index in [9.17, 15) is 13.2 Å². The van der Waals surface area contributed by atoms with Gasteiger partial charge in [-0.05, 0) is 48.2 Å². The number of primary amides is 1. The van der Waals surface area contributed by atoms with Gasteiger partial charge in [-0.25, -0.2) is 8.42 Å². The van der Waals surface area contributed by atoms with E-state index in [2.05, 4.69) is 4.98 Å². The van der Waals surface area contributed by atoms with Crippen LogP contribution in [-0.4, -0.2) is 36.7 Å². The van der Waals surface area contributed by atoms with Gasteiger partial charge in [0.05, 0.1) is 4.90 Å². The van der Waals surface area contributed by atoms with Crippen molar-refractivity contribution >= 4 is 15.9 Å². The first-order valence-corrected chi connectivity index (χ1v) is 9.22. The highest BCUT2D eigenvalue weighted by atomic mass is 32.2. The second-order valence-corrected chi connectivity index (χ2v) is 7.78. The molecule has 126 valence electrons. The summed E-state index contributed by atoms with van der Waals surface area (Å²) in [4.78, 5) is 15.4. The lowest BCUT2D eigenvalue weighted by molar-refractivity contribution is -0.122. The largest absolute Gasteiger partial charge is 0.369 e. The van der Waals surface area contributed by atoms with E-state index in [4.69, 9.17) is 5.73 Å². The zero-order valence-corrected chi connectivity index (χ0v) is 13.9. The zero-order chi connectivity index (χ0) is 17.2. The molecule has 0 saturated carbocycles. The molecule has 1 aliphatic rings. The number of benzene rings is 1. The summed E-state index contributed by atoms with van der Waals surface area (Å²) in [5, 5.41) is 0. The van der Waals surface area contributed by atoms with Crippen LogP contribution in [0.2, 0.25) is 0 Å². The summed E-state index contributed by atoms with van der Waals surface area (Å²) < 4.78 is 26.8. The monoisotopic (exact) mass is 345 g/mol. The maximum absolute atomic E-state index is 12.7. The van der Waals surface area contributed by atoms with E-state index in [1.54, 1.807) is 36.7 Å². The highest BCUT2D eigenvalue weighted by molar-refractivity contribution is 7.89. The van der Waals surface area contributed by atoms with Crippen molar-refractivity contribution < 1.29 is 13.2 Å². The van der Waals surface area contributed by atoms with Crippen LogP contribution < -0.4 is 5.73 Å². The molecule has 1 fully saturated rings. The average molecular weight is 345 g/mol. The minimum atomic E-state index is -3.54. The van der Waals surface area contributed by atoms with E-state index in [1.807, 2.05) is 12.1 Å². The molecular formula is C17H19N3O3S. The van der Waals surface area contributed by atoms with Crippen LogP contribution in [0.25, 0.3) is 11.1 Å². The van der Waals surface area contributed by atoms with E-state index in [-0.39, 0.29) is 16.7 Å². The molecular weight excluding hydrogens is 326 g/mol. The summed E-state index contributed by atoms with van der Waals surface area (Å²) in [5.41, 5.74) is 7.21. The predicted molar refractivity (Wildman–Crippen MR) is 90.4 cm³/mol. The second-order valence-electron chi connectivity index (χ2n) is 5.84. The Labute approximate surface area is 141 Å². The van der Waals surface area contributed by atoms with Crippen LogP contribution in [0, 0.1) is 5.92 Å². The summed E-state index contributed by atoms with van der Waals surface area (Å²) in [5.74, 6) is -0.584. The van der Waals surface area contributed by atoms with Crippen LogP contribution in [0.4, 0.5) is 0 Å². The van der Waals surface area contributed by atoms with Gasteiger partial charge in [0.25, 0.3) is 0 Å². The van der Waals surface area contributed by atoms with Crippen molar-refractivity contribution in [2.24, 2.45) is 11.7 Å². The van der Waals surface area contributed by atoms with E-state index in [1.165, 1.54) is 4.31 Å². The number of carbonyl (C=O) groups excluding carboxylic acids is 1. The van der Waals surface area contributed by atoms with Crippen molar-refractivity contribution in [3.63, 3.8) is 0 Å². The molecule has 2 heterocycles. The molecule has 0 aliphatic carbocycles. The van der Waals surface area contributed by atoms with Crippen molar-refractivity contribution in [2.75, 3.05) is 13.1 Å². The van der Waals surface area contributed by atoms with Gasteiger partial charge < -0.3 is 5.73 Å². The number of sulfonamides is 1. The smallest absolute Gasteiger partial charge is 0.243 e. The maximum atomic E-state index is 12.7. The van der Waals surface area contributed by atoms with Crippen LogP contribution in [0.15, 0.2) is 53.7 Å². The van der Waals surface area contributed by atoms with E-state index < -0.39 is 10.0 Å². The molecule has 1 aliphatic heterocycles. The fourth-order valence-corrected chi connectivity index (χ4v) is 4.36. The van der Waals surface area contributed by atoms with Crippen LogP contribution in [0.1, 0.15) is 12.8 Å². The third kappa shape index (κ3) is 3.32. The molecule has 0 radical (unpaired) electrons. The van der Waals surface area contributed by atoms with Crippen molar-refractivity contribution in [3.8, 4) is 11.1 Å². The standard InChI is InChI=1S/C17H19N3O3S/c18-17(21)15-7-11-20(12-8-15)24(22,23)16-3-1-13(2-4-16)14-5-9-19-10-6-14/h1-6,9-10,15H,7-8,11-12H2,(H2,18,21). The Hall–Kier alpha value is -2.25. The molecule has 0 bridgehead atoms. The van der Waals surface area contributed by atoms with Gasteiger partial charge in [-0.3, -0.25) is 9.78 Å². The number of nitrogens with zero attached hydrogens (tertiary/aromatic N) is 2. The number of carbonyl (C=O) groups is 1. The molecule has 1 saturated heterocycles. The van der Waals surface area contributed by atoms with Crippen molar-refractivity contribution in [2.45, 2.75) is 17.7 Å². The van der Waals surface area contributed by atoms with Crippen LogP contribution in [-0.2, 0) is 14.8 Å². The number of hydrogen-bond donors (Lipinski definition) is 1. The highest BCUT2D eigenvalue weighted by Crippen LogP contribution is 2.26. The van der Waals surface area contributed by atoms with Gasteiger partial charge in [0.2, 0.25) is 15.9 Å². The Morgan fingerprint density at radius 2 is 1.54 bits per heavy atom. The van der Waals surface area contributed by atoms with Crippen LogP contribution >= 0.6 is 0 Å². The van der Waals surface area contributed by atoms with Crippen LogP contribution in [0.3, 0.4) is 0 Å². The molecule has 6 nitrogen and oxygen atoms in total. The Balaban J connectivity index is 1.77. The van der Waals surface area contributed by atoms with Gasteiger partial charge in [-0.15, -0.1) is 0 Å². The first kappa shape index (κ1) is 16.6. The van der Waals surface area contributed by atoms with Gasteiger partial charge in [0.15, 0.2) is 0 Å². The number of aromatic nitrogens is 1. The first-order valence-electron chi connectivity index (χ1n) is 7.78. The number of pyridine rings is 1. The lowest BCUT2D eigenvalue weighted by atomic mass is 9.98. The lowest BCUT2D eigenvalue weighted by Gasteiger charge is -2.29. The number of nitrogens with two attached hydrogens (primary N) is 1. The molecule has 0 atom stereocenters. The van der Waals surface area contributed by atoms with Gasteiger partial charge >= 0.3 is 0 Å². The average Bonchev–Trinajstić information content (AvgIpc) is 2.62. The third-order valence-electron chi connectivity index (χ3n) is 4.36. The number of amides is 1. The molecule has 0 unspecified atom stereocenters. The molecule has 1 aromatic carbocycles. The zero-order valence-electron chi connectivity index (χ0n) is 13.1. The van der Waals surface area contributed by atoms with Crippen molar-refractivity contribution in [1.29, 1.82) is 0 Å². The van der Waals surface area contributed by atoms with Gasteiger partial charge in [-0.2, -0.15) is 4.31 Å². The quantitative estimate of drug-likeness (QED) is 0.911. The summed E-state index contributed by atoms with van der Waals surface area (Å²) >= 11 is 0. The number of piperidine rings is 1. The van der Waals surface area contributed by atoms with Crippen LogP contribution in [0.5, 0.6) is 0 Å². The fourth-order valence-electron chi connectivity index (χ4n) is 2.89. The summed E-state index contributed by atoms with van der Waals surface area (Å²) in [6.45, 7) is 0.643. The number of rotatable bonds is 4. The molecule has 0 spiro atoms. The molecule has 1 amide bonds. The molecule has 2 N–H and O–H groups in total. The third-order valence-corrected chi connectivity index (χ3v) is 6.27. The SMILES string of the molecule is NC(=O)C1CCN(S(=O)(=O)c2ccc(-c3ccncc3)cc2)CC1. The van der Waals surface area contributed by atoms with Crippen molar-refractivity contribution in [3.05, 3.63) is 48.8 Å². The molecule has 3 rings (SSSR count).